The molecule has 0 unspecified atom stereocenters. The summed E-state index contributed by atoms with van der Waals surface area (Å²) in [6.45, 7) is 2.69. The number of carbonyl (C=O) groups is 1. The molecular weight excluding hydrogens is 422 g/mol. The quantitative estimate of drug-likeness (QED) is 0.371. The summed E-state index contributed by atoms with van der Waals surface area (Å²) in [5, 5.41) is 6.68. The Hall–Kier alpha value is -4.58. The Labute approximate surface area is 196 Å². The lowest BCUT2D eigenvalue weighted by Gasteiger charge is -2.09. The molecule has 6 nitrogen and oxygen atoms in total. The second-order valence-electron chi connectivity index (χ2n) is 8.61. The number of rotatable bonds is 5. The SMILES string of the molecule is Cc1cc(C(N)=O)nn1-c1ccc2c(ccn2Cc2ccc(-c3ccc4cc[nH]c4c3)cc2)c1. The van der Waals surface area contributed by atoms with Crippen molar-refractivity contribution in [2.75, 3.05) is 0 Å². The molecule has 3 aromatic carbocycles. The summed E-state index contributed by atoms with van der Waals surface area (Å²) in [5.74, 6) is -0.523. The van der Waals surface area contributed by atoms with Crippen LogP contribution in [0.1, 0.15) is 21.7 Å². The third-order valence-corrected chi connectivity index (χ3v) is 6.33. The van der Waals surface area contributed by atoms with Crippen LogP contribution in [0.15, 0.2) is 91.3 Å². The van der Waals surface area contributed by atoms with Crippen molar-refractivity contribution in [1.82, 2.24) is 19.3 Å². The second-order valence-corrected chi connectivity index (χ2v) is 8.61. The number of aromatic nitrogens is 4. The fraction of sp³-hybridized carbons (Fsp3) is 0.0714. The second kappa shape index (κ2) is 7.78. The van der Waals surface area contributed by atoms with Gasteiger partial charge in [0.15, 0.2) is 5.69 Å². The van der Waals surface area contributed by atoms with E-state index in [0.29, 0.717) is 0 Å². The van der Waals surface area contributed by atoms with Gasteiger partial charge in [-0.1, -0.05) is 36.4 Å². The molecule has 0 saturated carbocycles. The number of nitrogens with one attached hydrogen (secondary N) is 1. The molecular formula is C28H23N5O. The normalized spacial score (nSPS) is 11.4. The van der Waals surface area contributed by atoms with Gasteiger partial charge in [0.1, 0.15) is 0 Å². The molecule has 6 heteroatoms. The van der Waals surface area contributed by atoms with Gasteiger partial charge in [0.2, 0.25) is 0 Å². The van der Waals surface area contributed by atoms with Crippen molar-refractivity contribution in [1.29, 1.82) is 0 Å². The molecule has 0 atom stereocenters. The first-order chi connectivity index (χ1) is 16.5. The van der Waals surface area contributed by atoms with Gasteiger partial charge in [-0.15, -0.1) is 0 Å². The Balaban J connectivity index is 1.26. The van der Waals surface area contributed by atoms with Crippen LogP contribution >= 0.6 is 0 Å². The number of hydrogen-bond acceptors (Lipinski definition) is 2. The molecule has 0 aliphatic rings. The van der Waals surface area contributed by atoms with Crippen LogP contribution in [-0.2, 0) is 6.54 Å². The van der Waals surface area contributed by atoms with Crippen molar-refractivity contribution in [2.45, 2.75) is 13.5 Å². The molecule has 3 aromatic heterocycles. The van der Waals surface area contributed by atoms with Crippen molar-refractivity contribution >= 4 is 27.7 Å². The van der Waals surface area contributed by atoms with Gasteiger partial charge in [-0.25, -0.2) is 4.68 Å². The third-order valence-electron chi connectivity index (χ3n) is 6.33. The van der Waals surface area contributed by atoms with Crippen molar-refractivity contribution in [3.05, 3.63) is 108 Å². The first-order valence-corrected chi connectivity index (χ1v) is 11.2. The molecule has 34 heavy (non-hydrogen) atoms. The average Bonchev–Trinajstić information content (AvgIpc) is 3.57. The Morgan fingerprint density at radius 2 is 1.74 bits per heavy atom. The zero-order chi connectivity index (χ0) is 23.2. The number of nitrogens with two attached hydrogens (primary N) is 1. The standard InChI is InChI=1S/C28H23N5O/c1-18-14-26(28(29)34)31-33(18)24-8-9-27-23(15-24)11-13-32(27)17-19-2-4-20(5-3-19)22-7-6-21-10-12-30-25(21)16-22/h2-16,30H,17H2,1H3,(H2,29,34). The molecule has 0 aliphatic carbocycles. The summed E-state index contributed by atoms with van der Waals surface area (Å²) in [5.41, 5.74) is 13.3. The lowest BCUT2D eigenvalue weighted by molar-refractivity contribution is 0.0995. The lowest BCUT2D eigenvalue weighted by atomic mass is 10.0. The van der Waals surface area contributed by atoms with Crippen LogP contribution in [0.4, 0.5) is 0 Å². The number of carbonyl (C=O) groups excluding carboxylic acids is 1. The molecule has 1 amide bonds. The van der Waals surface area contributed by atoms with Crippen LogP contribution in [0.3, 0.4) is 0 Å². The Morgan fingerprint density at radius 3 is 2.53 bits per heavy atom. The van der Waals surface area contributed by atoms with Crippen molar-refractivity contribution < 1.29 is 4.79 Å². The van der Waals surface area contributed by atoms with Gasteiger partial charge in [-0.3, -0.25) is 4.79 Å². The molecule has 0 fully saturated rings. The number of aryl methyl sites for hydroxylation is 1. The van der Waals surface area contributed by atoms with Gasteiger partial charge in [0.05, 0.1) is 5.69 Å². The highest BCUT2D eigenvalue weighted by molar-refractivity contribution is 5.91. The topological polar surface area (TPSA) is 81.6 Å². The van der Waals surface area contributed by atoms with E-state index in [1.165, 1.54) is 22.1 Å². The number of hydrogen-bond donors (Lipinski definition) is 2. The molecule has 0 bridgehead atoms. The van der Waals surface area contributed by atoms with E-state index in [4.69, 9.17) is 5.73 Å². The number of primary amides is 1. The number of nitrogens with zero attached hydrogens (tertiary/aromatic N) is 3. The van der Waals surface area contributed by atoms with E-state index in [1.807, 2.05) is 19.2 Å². The number of aromatic amines is 1. The summed E-state index contributed by atoms with van der Waals surface area (Å²) in [6, 6.07) is 27.3. The smallest absolute Gasteiger partial charge is 0.269 e. The molecule has 166 valence electrons. The summed E-state index contributed by atoms with van der Waals surface area (Å²) in [4.78, 5) is 14.8. The van der Waals surface area contributed by atoms with Crippen LogP contribution < -0.4 is 5.73 Å². The molecule has 0 aliphatic heterocycles. The monoisotopic (exact) mass is 445 g/mol. The lowest BCUT2D eigenvalue weighted by Crippen LogP contribution is -2.12. The zero-order valence-electron chi connectivity index (χ0n) is 18.7. The highest BCUT2D eigenvalue weighted by Gasteiger charge is 2.12. The fourth-order valence-corrected chi connectivity index (χ4v) is 4.54. The van der Waals surface area contributed by atoms with Crippen molar-refractivity contribution in [2.24, 2.45) is 5.73 Å². The Morgan fingerprint density at radius 1 is 0.912 bits per heavy atom. The molecule has 0 saturated heterocycles. The van der Waals surface area contributed by atoms with Gasteiger partial charge >= 0.3 is 0 Å². The minimum absolute atomic E-state index is 0.270. The van der Waals surface area contributed by atoms with Gasteiger partial charge in [0, 0.05) is 41.1 Å². The van der Waals surface area contributed by atoms with Crippen LogP contribution in [0, 0.1) is 6.92 Å². The summed E-state index contributed by atoms with van der Waals surface area (Å²) in [7, 11) is 0. The van der Waals surface area contributed by atoms with Crippen molar-refractivity contribution in [3.63, 3.8) is 0 Å². The maximum absolute atomic E-state index is 11.5. The minimum atomic E-state index is -0.523. The number of H-pyrrole nitrogens is 1. The van der Waals surface area contributed by atoms with Crippen LogP contribution in [0.2, 0.25) is 0 Å². The maximum atomic E-state index is 11.5. The third kappa shape index (κ3) is 3.46. The maximum Gasteiger partial charge on any atom is 0.269 e. The molecule has 0 radical (unpaired) electrons. The first-order valence-electron chi connectivity index (χ1n) is 11.2. The summed E-state index contributed by atoms with van der Waals surface area (Å²) >= 11 is 0. The van der Waals surface area contributed by atoms with Crippen LogP contribution in [-0.4, -0.2) is 25.2 Å². The number of amides is 1. The summed E-state index contributed by atoms with van der Waals surface area (Å²) < 4.78 is 3.99. The van der Waals surface area contributed by atoms with E-state index >= 15 is 0 Å². The molecule has 0 spiro atoms. The van der Waals surface area contributed by atoms with Gasteiger partial charge in [-0.05, 0) is 71.5 Å². The first kappa shape index (κ1) is 20.1. The Bertz CT molecular complexity index is 1670. The summed E-state index contributed by atoms with van der Waals surface area (Å²) in [6.07, 6.45) is 4.07. The zero-order valence-corrected chi connectivity index (χ0v) is 18.7. The van der Waals surface area contributed by atoms with E-state index in [9.17, 15) is 4.79 Å². The molecule has 3 N–H and O–H groups in total. The van der Waals surface area contributed by atoms with Gasteiger partial charge < -0.3 is 15.3 Å². The van der Waals surface area contributed by atoms with Crippen LogP contribution in [0.5, 0.6) is 0 Å². The largest absolute Gasteiger partial charge is 0.364 e. The number of benzene rings is 3. The van der Waals surface area contributed by atoms with Crippen molar-refractivity contribution in [3.8, 4) is 16.8 Å². The van der Waals surface area contributed by atoms with E-state index in [2.05, 4.69) is 87.6 Å². The minimum Gasteiger partial charge on any atom is -0.364 e. The fourth-order valence-electron chi connectivity index (χ4n) is 4.54. The Kier molecular flexibility index (Phi) is 4.59. The highest BCUT2D eigenvalue weighted by Crippen LogP contribution is 2.26. The van der Waals surface area contributed by atoms with Crippen LogP contribution in [0.25, 0.3) is 38.6 Å². The molecule has 6 rings (SSSR count). The van der Waals surface area contributed by atoms with Gasteiger partial charge in [0.25, 0.3) is 5.91 Å². The van der Waals surface area contributed by atoms with E-state index in [1.54, 1.807) is 10.7 Å². The van der Waals surface area contributed by atoms with E-state index in [0.717, 1.165) is 34.3 Å². The molecule has 3 heterocycles. The predicted octanol–water partition coefficient (Wildman–Crippen LogP) is 5.43. The number of fused-ring (bicyclic) bond motifs is 2. The van der Waals surface area contributed by atoms with E-state index < -0.39 is 5.91 Å². The highest BCUT2D eigenvalue weighted by atomic mass is 16.1. The van der Waals surface area contributed by atoms with Gasteiger partial charge in [-0.2, -0.15) is 5.10 Å². The predicted molar refractivity (Wildman–Crippen MR) is 135 cm³/mol. The molecule has 6 aromatic rings. The van der Waals surface area contributed by atoms with E-state index in [-0.39, 0.29) is 5.69 Å². The average molecular weight is 446 g/mol.